The molecule has 0 aliphatic carbocycles. The number of allylic oxidation sites excluding steroid dienone is 1. The Kier molecular flexibility index (Phi) is 6.12. The maximum atomic E-state index is 13.4. The van der Waals surface area contributed by atoms with Crippen molar-refractivity contribution < 1.29 is 19.0 Å². The molecule has 3 aliphatic rings. The molecule has 0 saturated carbocycles. The van der Waals surface area contributed by atoms with Crippen LogP contribution >= 0.6 is 0 Å². The van der Waals surface area contributed by atoms with Crippen molar-refractivity contribution >= 4 is 16.9 Å². The molecule has 1 aromatic carbocycles. The quantitative estimate of drug-likeness (QED) is 0.542. The summed E-state index contributed by atoms with van der Waals surface area (Å²) in [6, 6.07) is 7.54. The number of piperidine rings is 1. The van der Waals surface area contributed by atoms with Crippen molar-refractivity contribution in [3.05, 3.63) is 70.5 Å². The van der Waals surface area contributed by atoms with Gasteiger partial charge in [-0.15, -0.1) is 0 Å². The molecule has 0 spiro atoms. The summed E-state index contributed by atoms with van der Waals surface area (Å²) in [5, 5.41) is 13.9. The molecule has 3 aliphatic heterocycles. The van der Waals surface area contributed by atoms with Crippen LogP contribution < -0.4 is 10.9 Å². The minimum absolute atomic E-state index is 0.236. The first-order valence-corrected chi connectivity index (χ1v) is 11.7. The number of morpholine rings is 1. The van der Waals surface area contributed by atoms with Crippen LogP contribution in [0.15, 0.2) is 53.6 Å². The maximum absolute atomic E-state index is 13.4. The van der Waals surface area contributed by atoms with Gasteiger partial charge in [0.05, 0.1) is 17.6 Å². The van der Waals surface area contributed by atoms with Gasteiger partial charge in [0.1, 0.15) is 22.8 Å². The molecule has 5 heterocycles. The molecule has 6 rings (SSSR count). The number of benzene rings is 1. The molecule has 9 heteroatoms. The lowest BCUT2D eigenvalue weighted by molar-refractivity contribution is -0.180. The highest BCUT2D eigenvalue weighted by Gasteiger charge is 2.38. The normalized spacial score (nSPS) is 19.4. The second-order valence-corrected chi connectivity index (χ2v) is 9.07. The van der Waals surface area contributed by atoms with E-state index in [1.165, 1.54) is 16.7 Å². The Morgan fingerprint density at radius 2 is 1.91 bits per heavy atom. The Balaban J connectivity index is 1.58. The van der Waals surface area contributed by atoms with E-state index in [4.69, 9.17) is 4.74 Å². The van der Waals surface area contributed by atoms with E-state index in [1.54, 1.807) is 24.4 Å². The van der Waals surface area contributed by atoms with Crippen molar-refractivity contribution in [2.75, 3.05) is 19.6 Å². The summed E-state index contributed by atoms with van der Waals surface area (Å²) in [5.74, 6) is -1.52. The van der Waals surface area contributed by atoms with Crippen LogP contribution in [0.3, 0.4) is 0 Å². The van der Waals surface area contributed by atoms with E-state index in [9.17, 15) is 19.1 Å². The fourth-order valence-electron chi connectivity index (χ4n) is 4.70. The number of ether oxygens (including phenoxy) is 1. The number of carbonyl (C=O) groups is 1. The van der Waals surface area contributed by atoms with E-state index in [-0.39, 0.29) is 34.6 Å². The Bertz CT molecular complexity index is 1350. The minimum Gasteiger partial charge on any atom is -0.506 e. The number of nitrogens with one attached hydrogen (secondary N) is 1. The highest BCUT2D eigenvalue weighted by Crippen LogP contribution is 2.31. The zero-order valence-electron chi connectivity index (χ0n) is 19.5. The van der Waals surface area contributed by atoms with Gasteiger partial charge in [-0.25, -0.2) is 9.37 Å². The van der Waals surface area contributed by atoms with Gasteiger partial charge in [-0.3, -0.25) is 19.1 Å². The third kappa shape index (κ3) is 4.44. The number of halogens is 1. The molecule has 182 valence electrons. The summed E-state index contributed by atoms with van der Waals surface area (Å²) in [6.45, 7) is 8.07. The molecule has 2 atom stereocenters. The predicted molar refractivity (Wildman–Crippen MR) is 130 cm³/mol. The standard InChI is InChI=1S/C26H27FN4O4/c1-3-15(2)29-25(33)22-23(32)21-10-17(16-4-6-18(27)7-5-16)12-28-24(21)31(26(22)34)9-8-30-13-19-11-20(14-30)35-19/h4-7,10,12,19-20,32H,2-3,8-9,11,13-14H2,1H3,(H,29,33). The van der Waals surface area contributed by atoms with Crippen molar-refractivity contribution in [1.82, 2.24) is 19.8 Å². The molecule has 2 bridgehead atoms. The summed E-state index contributed by atoms with van der Waals surface area (Å²) in [4.78, 5) is 33.1. The van der Waals surface area contributed by atoms with E-state index in [0.717, 1.165) is 19.5 Å². The molecule has 2 N–H and O–H groups in total. The molecule has 2 aromatic heterocycles. The topological polar surface area (TPSA) is 96.7 Å². The molecular formula is C26H27FN4O4. The number of hydrogen-bond acceptors (Lipinski definition) is 6. The van der Waals surface area contributed by atoms with Crippen molar-refractivity contribution in [2.45, 2.75) is 38.5 Å². The third-order valence-corrected chi connectivity index (χ3v) is 6.67. The van der Waals surface area contributed by atoms with Crippen LogP contribution in [0.5, 0.6) is 5.75 Å². The lowest BCUT2D eigenvalue weighted by Crippen LogP contribution is -2.57. The number of fused-ring (bicyclic) bond motifs is 3. The van der Waals surface area contributed by atoms with Crippen molar-refractivity contribution in [1.29, 1.82) is 0 Å². The van der Waals surface area contributed by atoms with Gasteiger partial charge in [-0.1, -0.05) is 25.6 Å². The highest BCUT2D eigenvalue weighted by atomic mass is 19.1. The van der Waals surface area contributed by atoms with Crippen molar-refractivity contribution in [3.63, 3.8) is 0 Å². The summed E-state index contributed by atoms with van der Waals surface area (Å²) in [6.07, 6.45) is 3.61. The fourth-order valence-corrected chi connectivity index (χ4v) is 4.70. The number of rotatable bonds is 7. The zero-order valence-corrected chi connectivity index (χ0v) is 19.5. The van der Waals surface area contributed by atoms with Gasteiger partial charge < -0.3 is 15.2 Å². The first-order chi connectivity index (χ1) is 16.8. The largest absolute Gasteiger partial charge is 0.506 e. The minimum atomic E-state index is -0.713. The second-order valence-electron chi connectivity index (χ2n) is 9.07. The number of pyridine rings is 2. The lowest BCUT2D eigenvalue weighted by Gasteiger charge is -2.47. The first-order valence-electron chi connectivity index (χ1n) is 11.7. The van der Waals surface area contributed by atoms with Crippen LogP contribution in [0.25, 0.3) is 22.2 Å². The SMILES string of the molecule is C=C(CC)NC(=O)c1c(O)c2cc(-c3ccc(F)cc3)cnc2n(CCN2CC3CC(C2)O3)c1=O. The van der Waals surface area contributed by atoms with Gasteiger partial charge in [0.15, 0.2) is 0 Å². The van der Waals surface area contributed by atoms with Crippen molar-refractivity contribution in [3.8, 4) is 16.9 Å². The summed E-state index contributed by atoms with van der Waals surface area (Å²) in [5.41, 5.74) is 1.06. The van der Waals surface area contributed by atoms with Crippen LogP contribution in [0.2, 0.25) is 0 Å². The summed E-state index contributed by atoms with van der Waals surface area (Å²) in [7, 11) is 0. The van der Waals surface area contributed by atoms with Crippen molar-refractivity contribution in [2.24, 2.45) is 0 Å². The van der Waals surface area contributed by atoms with Crippen LogP contribution in [-0.2, 0) is 11.3 Å². The number of hydrogen-bond donors (Lipinski definition) is 2. The lowest BCUT2D eigenvalue weighted by atomic mass is 9.99. The Hall–Kier alpha value is -3.56. The zero-order chi connectivity index (χ0) is 24.7. The van der Waals surface area contributed by atoms with Gasteiger partial charge in [-0.2, -0.15) is 0 Å². The van der Waals surface area contributed by atoms with Gasteiger partial charge in [-0.05, 0) is 30.2 Å². The average molecular weight is 479 g/mol. The second kappa shape index (κ2) is 9.24. The molecule has 2 unspecified atom stereocenters. The Morgan fingerprint density at radius 3 is 2.57 bits per heavy atom. The van der Waals surface area contributed by atoms with E-state index in [2.05, 4.69) is 21.8 Å². The summed E-state index contributed by atoms with van der Waals surface area (Å²) >= 11 is 0. The van der Waals surface area contributed by atoms with Gasteiger partial charge in [0, 0.05) is 50.1 Å². The molecule has 1 amide bonds. The number of aromatic hydroxyl groups is 1. The Morgan fingerprint density at radius 1 is 1.23 bits per heavy atom. The molecule has 3 fully saturated rings. The molecule has 8 nitrogen and oxygen atoms in total. The van der Waals surface area contributed by atoms with Crippen LogP contribution in [0.1, 0.15) is 30.1 Å². The predicted octanol–water partition coefficient (Wildman–Crippen LogP) is 3.03. The van der Waals surface area contributed by atoms with Crippen LogP contribution in [-0.4, -0.2) is 57.3 Å². The number of nitrogens with zero attached hydrogens (tertiary/aromatic N) is 3. The number of carbonyl (C=O) groups excluding carboxylic acids is 1. The summed E-state index contributed by atoms with van der Waals surface area (Å²) < 4.78 is 20.5. The number of amides is 1. The highest BCUT2D eigenvalue weighted by molar-refractivity contribution is 6.02. The smallest absolute Gasteiger partial charge is 0.268 e. The molecular weight excluding hydrogens is 451 g/mol. The molecule has 35 heavy (non-hydrogen) atoms. The maximum Gasteiger partial charge on any atom is 0.268 e. The van der Waals surface area contributed by atoms with Crippen LogP contribution in [0, 0.1) is 5.82 Å². The monoisotopic (exact) mass is 478 g/mol. The van der Waals surface area contributed by atoms with Crippen LogP contribution in [0.4, 0.5) is 4.39 Å². The van der Waals surface area contributed by atoms with E-state index in [0.29, 0.717) is 36.3 Å². The van der Waals surface area contributed by atoms with Gasteiger partial charge >= 0.3 is 0 Å². The molecule has 3 saturated heterocycles. The first kappa shape index (κ1) is 23.2. The van der Waals surface area contributed by atoms with E-state index >= 15 is 0 Å². The molecule has 3 aromatic rings. The molecule has 0 radical (unpaired) electrons. The third-order valence-electron chi connectivity index (χ3n) is 6.67. The Labute approximate surface area is 201 Å². The average Bonchev–Trinajstić information content (AvgIpc) is 2.84. The van der Waals surface area contributed by atoms with E-state index < -0.39 is 17.2 Å². The number of aromatic nitrogens is 2. The van der Waals surface area contributed by atoms with Gasteiger partial charge in [0.25, 0.3) is 11.5 Å². The fraction of sp³-hybridized carbons (Fsp3) is 0.346. The van der Waals surface area contributed by atoms with E-state index in [1.807, 2.05) is 6.92 Å². The van der Waals surface area contributed by atoms with Gasteiger partial charge in [0.2, 0.25) is 0 Å².